The second-order valence-corrected chi connectivity index (χ2v) is 6.31. The zero-order valence-electron chi connectivity index (χ0n) is 15.2. The van der Waals surface area contributed by atoms with E-state index in [9.17, 15) is 4.79 Å². The third kappa shape index (κ3) is 4.60. The fourth-order valence-corrected chi connectivity index (χ4v) is 2.81. The van der Waals surface area contributed by atoms with Crippen LogP contribution in [0.3, 0.4) is 0 Å². The third-order valence-corrected chi connectivity index (χ3v) is 4.43. The van der Waals surface area contributed by atoms with Gasteiger partial charge in [0.15, 0.2) is 0 Å². The lowest BCUT2D eigenvalue weighted by atomic mass is 10.1. The fourth-order valence-electron chi connectivity index (χ4n) is 2.81. The monoisotopic (exact) mass is 329 g/mol. The van der Waals surface area contributed by atoms with Crippen LogP contribution in [0.5, 0.6) is 5.75 Å². The van der Waals surface area contributed by atoms with Crippen LogP contribution in [0.2, 0.25) is 0 Å². The number of amides is 1. The number of aromatic nitrogens is 2. The van der Waals surface area contributed by atoms with Gasteiger partial charge in [-0.15, -0.1) is 0 Å². The van der Waals surface area contributed by atoms with Gasteiger partial charge in [0, 0.05) is 24.3 Å². The van der Waals surface area contributed by atoms with E-state index in [4.69, 9.17) is 4.74 Å². The molecule has 0 aliphatic carbocycles. The lowest BCUT2D eigenvalue weighted by molar-refractivity contribution is -0.121. The Morgan fingerprint density at radius 2 is 1.96 bits per heavy atom. The highest BCUT2D eigenvalue weighted by molar-refractivity contribution is 5.79. The van der Waals surface area contributed by atoms with Crippen molar-refractivity contribution in [1.29, 1.82) is 0 Å². The largest absolute Gasteiger partial charge is 0.497 e. The molecule has 1 aromatic carbocycles. The minimum Gasteiger partial charge on any atom is -0.497 e. The first kappa shape index (κ1) is 18.0. The van der Waals surface area contributed by atoms with E-state index < -0.39 is 0 Å². The van der Waals surface area contributed by atoms with Crippen molar-refractivity contribution in [2.24, 2.45) is 7.05 Å². The summed E-state index contributed by atoms with van der Waals surface area (Å²) in [6, 6.07) is 8.20. The van der Waals surface area contributed by atoms with Crippen molar-refractivity contribution in [3.05, 3.63) is 46.8 Å². The van der Waals surface area contributed by atoms with Crippen molar-refractivity contribution in [2.75, 3.05) is 7.11 Å². The highest BCUT2D eigenvalue weighted by Gasteiger charge is 2.15. The predicted octanol–water partition coefficient (Wildman–Crippen LogP) is 2.73. The number of carbonyl (C=O) groups is 1. The summed E-state index contributed by atoms with van der Waals surface area (Å²) in [6.45, 7) is 5.99. The van der Waals surface area contributed by atoms with E-state index in [1.807, 2.05) is 44.6 Å². The Hall–Kier alpha value is -2.30. The number of nitrogens with one attached hydrogen (secondary N) is 1. The van der Waals surface area contributed by atoms with Crippen LogP contribution in [0.4, 0.5) is 0 Å². The second kappa shape index (κ2) is 7.99. The first-order valence-electron chi connectivity index (χ1n) is 8.32. The Kier molecular flexibility index (Phi) is 6.01. The van der Waals surface area contributed by atoms with Gasteiger partial charge in [-0.25, -0.2) is 0 Å². The maximum absolute atomic E-state index is 12.3. The average Bonchev–Trinajstić information content (AvgIpc) is 2.79. The minimum absolute atomic E-state index is 0.0523. The van der Waals surface area contributed by atoms with Crippen molar-refractivity contribution < 1.29 is 9.53 Å². The van der Waals surface area contributed by atoms with Crippen LogP contribution in [0.15, 0.2) is 24.3 Å². The van der Waals surface area contributed by atoms with Crippen LogP contribution in [-0.4, -0.2) is 28.8 Å². The molecule has 5 nitrogen and oxygen atoms in total. The maximum Gasteiger partial charge on any atom is 0.224 e. The van der Waals surface area contributed by atoms with Crippen LogP contribution in [0.1, 0.15) is 35.9 Å². The summed E-state index contributed by atoms with van der Waals surface area (Å²) < 4.78 is 6.99. The number of nitrogens with zero attached hydrogens (tertiary/aromatic N) is 2. The van der Waals surface area contributed by atoms with E-state index in [0.717, 1.165) is 35.5 Å². The van der Waals surface area contributed by atoms with E-state index in [0.29, 0.717) is 6.42 Å². The lowest BCUT2D eigenvalue weighted by Crippen LogP contribution is -2.34. The Bertz CT molecular complexity index is 689. The van der Waals surface area contributed by atoms with Gasteiger partial charge in [0.1, 0.15) is 5.75 Å². The zero-order chi connectivity index (χ0) is 17.7. The van der Waals surface area contributed by atoms with Crippen LogP contribution in [0, 0.1) is 13.8 Å². The summed E-state index contributed by atoms with van der Waals surface area (Å²) in [5, 5.41) is 7.44. The van der Waals surface area contributed by atoms with Gasteiger partial charge in [-0.3, -0.25) is 9.48 Å². The van der Waals surface area contributed by atoms with Gasteiger partial charge in [0.2, 0.25) is 5.91 Å². The molecule has 1 heterocycles. The van der Waals surface area contributed by atoms with E-state index in [1.54, 1.807) is 7.11 Å². The fraction of sp³-hybridized carbons (Fsp3) is 0.474. The van der Waals surface area contributed by atoms with Gasteiger partial charge in [-0.2, -0.15) is 5.10 Å². The molecule has 0 saturated heterocycles. The molecule has 2 rings (SSSR count). The number of rotatable bonds is 7. The molecule has 24 heavy (non-hydrogen) atoms. The SMILES string of the molecule is COc1ccc(CC[C@H](C)NC(=O)Cc2c(C)nn(C)c2C)cc1. The first-order chi connectivity index (χ1) is 11.4. The van der Waals surface area contributed by atoms with Crippen molar-refractivity contribution in [3.63, 3.8) is 0 Å². The van der Waals surface area contributed by atoms with Crippen molar-refractivity contribution in [3.8, 4) is 5.75 Å². The number of hydrogen-bond acceptors (Lipinski definition) is 3. The van der Waals surface area contributed by atoms with Crippen LogP contribution < -0.4 is 10.1 Å². The summed E-state index contributed by atoms with van der Waals surface area (Å²) in [5.41, 5.74) is 4.25. The van der Waals surface area contributed by atoms with E-state index in [2.05, 4.69) is 22.5 Å². The van der Waals surface area contributed by atoms with Gasteiger partial charge < -0.3 is 10.1 Å². The van der Waals surface area contributed by atoms with Crippen LogP contribution in [0.25, 0.3) is 0 Å². The third-order valence-electron chi connectivity index (χ3n) is 4.43. The molecule has 2 aromatic rings. The molecule has 5 heteroatoms. The standard InChI is InChI=1S/C19H27N3O2/c1-13(6-7-16-8-10-17(24-5)11-9-16)20-19(23)12-18-14(2)21-22(4)15(18)3/h8-11,13H,6-7,12H2,1-5H3,(H,20,23)/t13-/m0/s1. The molecule has 0 aliphatic rings. The Balaban J connectivity index is 1.82. The van der Waals surface area contributed by atoms with Crippen molar-refractivity contribution in [1.82, 2.24) is 15.1 Å². The first-order valence-corrected chi connectivity index (χ1v) is 8.32. The molecule has 1 aromatic heterocycles. The molecule has 0 saturated carbocycles. The van der Waals surface area contributed by atoms with Crippen LogP contribution in [-0.2, 0) is 24.7 Å². The summed E-state index contributed by atoms with van der Waals surface area (Å²) >= 11 is 0. The van der Waals surface area contributed by atoms with E-state index >= 15 is 0 Å². The number of carbonyl (C=O) groups excluding carboxylic acids is 1. The number of hydrogen-bond donors (Lipinski definition) is 1. The summed E-state index contributed by atoms with van der Waals surface area (Å²) in [7, 11) is 3.57. The topological polar surface area (TPSA) is 56.1 Å². The normalized spacial score (nSPS) is 12.0. The molecule has 0 spiro atoms. The molecule has 0 radical (unpaired) electrons. The van der Waals surface area contributed by atoms with Gasteiger partial charge in [-0.1, -0.05) is 12.1 Å². The summed E-state index contributed by atoms with van der Waals surface area (Å²) in [4.78, 5) is 12.3. The molecular weight excluding hydrogens is 302 g/mol. The minimum atomic E-state index is 0.0523. The molecule has 1 amide bonds. The van der Waals surface area contributed by atoms with Crippen LogP contribution >= 0.6 is 0 Å². The van der Waals surface area contributed by atoms with E-state index in [-0.39, 0.29) is 11.9 Å². The predicted molar refractivity (Wildman–Crippen MR) is 95.3 cm³/mol. The summed E-state index contributed by atoms with van der Waals surface area (Å²) in [5.74, 6) is 0.916. The quantitative estimate of drug-likeness (QED) is 0.850. The van der Waals surface area contributed by atoms with Gasteiger partial charge in [0.25, 0.3) is 0 Å². The highest BCUT2D eigenvalue weighted by Crippen LogP contribution is 2.14. The molecule has 1 N–H and O–H groups in total. The molecule has 0 aliphatic heterocycles. The number of ether oxygens (including phenoxy) is 1. The van der Waals surface area contributed by atoms with Gasteiger partial charge in [0.05, 0.1) is 19.2 Å². The molecule has 1 atom stereocenters. The zero-order valence-corrected chi connectivity index (χ0v) is 15.2. The van der Waals surface area contributed by atoms with Gasteiger partial charge in [-0.05, 0) is 51.3 Å². The highest BCUT2D eigenvalue weighted by atomic mass is 16.5. The number of methoxy groups -OCH3 is 1. The van der Waals surface area contributed by atoms with E-state index in [1.165, 1.54) is 5.56 Å². The molecule has 0 fully saturated rings. The van der Waals surface area contributed by atoms with Crippen molar-refractivity contribution in [2.45, 2.75) is 46.1 Å². The van der Waals surface area contributed by atoms with Crippen molar-refractivity contribution >= 4 is 5.91 Å². The molecule has 130 valence electrons. The lowest BCUT2D eigenvalue weighted by Gasteiger charge is -2.14. The Morgan fingerprint density at radius 1 is 1.29 bits per heavy atom. The second-order valence-electron chi connectivity index (χ2n) is 6.31. The van der Waals surface area contributed by atoms with Gasteiger partial charge >= 0.3 is 0 Å². The summed E-state index contributed by atoms with van der Waals surface area (Å²) in [6.07, 6.45) is 2.22. The molecule has 0 unspecified atom stereocenters. The number of aryl methyl sites for hydroxylation is 3. The maximum atomic E-state index is 12.3. The number of benzene rings is 1. The molecular formula is C19H27N3O2. The average molecular weight is 329 g/mol. The Morgan fingerprint density at radius 3 is 2.50 bits per heavy atom. The Labute approximate surface area is 144 Å². The molecule has 0 bridgehead atoms. The smallest absolute Gasteiger partial charge is 0.224 e.